The van der Waals surface area contributed by atoms with E-state index in [0.717, 1.165) is 10.9 Å². The van der Waals surface area contributed by atoms with Crippen molar-refractivity contribution in [3.05, 3.63) is 58.7 Å². The van der Waals surface area contributed by atoms with E-state index in [9.17, 15) is 9.90 Å². The molecule has 21 heavy (non-hydrogen) atoms. The number of hydrogen-bond acceptors (Lipinski definition) is 4. The third-order valence-corrected chi connectivity index (χ3v) is 3.33. The van der Waals surface area contributed by atoms with Gasteiger partial charge in [0.1, 0.15) is 11.3 Å². The van der Waals surface area contributed by atoms with Crippen molar-refractivity contribution in [2.45, 2.75) is 0 Å². The van der Waals surface area contributed by atoms with Crippen LogP contribution in [-0.4, -0.2) is 21.0 Å². The number of benzene rings is 2. The molecule has 3 rings (SSSR count). The molecule has 1 N–H and O–H groups in total. The van der Waals surface area contributed by atoms with E-state index in [4.69, 9.17) is 4.74 Å². The van der Waals surface area contributed by atoms with Gasteiger partial charge in [0, 0.05) is 16.1 Å². The first-order chi connectivity index (χ1) is 10.1. The molecule has 0 saturated carbocycles. The van der Waals surface area contributed by atoms with Gasteiger partial charge in [-0.3, -0.25) is 0 Å². The molecule has 6 heteroatoms. The number of rotatable bonds is 3. The largest absolute Gasteiger partial charge is 0.478 e. The zero-order chi connectivity index (χ0) is 14.8. The molecule has 2 aromatic carbocycles. The van der Waals surface area contributed by atoms with E-state index in [2.05, 4.69) is 25.9 Å². The number of fused-ring (bicyclic) bond motifs is 1. The van der Waals surface area contributed by atoms with Crippen LogP contribution in [0.2, 0.25) is 0 Å². The Bertz CT molecular complexity index is 836. The lowest BCUT2D eigenvalue weighted by molar-refractivity contribution is 0.0694. The van der Waals surface area contributed by atoms with E-state index in [1.807, 2.05) is 24.3 Å². The molecular weight excluding hydrogens is 336 g/mol. The Morgan fingerprint density at radius 2 is 2.00 bits per heavy atom. The molecule has 0 bridgehead atoms. The van der Waals surface area contributed by atoms with Gasteiger partial charge in [-0.2, -0.15) is 4.98 Å². The minimum absolute atomic E-state index is 0.0427. The lowest BCUT2D eigenvalue weighted by Crippen LogP contribution is -2.01. The molecule has 3 aromatic rings. The molecule has 0 saturated heterocycles. The molecule has 0 unspecified atom stereocenters. The summed E-state index contributed by atoms with van der Waals surface area (Å²) in [4.78, 5) is 19.6. The summed E-state index contributed by atoms with van der Waals surface area (Å²) >= 11 is 3.23. The number of carboxylic acid groups (broad SMARTS) is 1. The van der Waals surface area contributed by atoms with Gasteiger partial charge >= 0.3 is 12.0 Å². The van der Waals surface area contributed by atoms with Crippen LogP contribution >= 0.6 is 15.9 Å². The van der Waals surface area contributed by atoms with Gasteiger partial charge in [0.25, 0.3) is 0 Å². The fourth-order valence-electron chi connectivity index (χ4n) is 1.86. The summed E-state index contributed by atoms with van der Waals surface area (Å²) in [5.41, 5.74) is 0.776. The highest BCUT2D eigenvalue weighted by Crippen LogP contribution is 2.27. The third kappa shape index (κ3) is 2.85. The van der Waals surface area contributed by atoms with Gasteiger partial charge in [0.05, 0.1) is 5.52 Å². The zero-order valence-electron chi connectivity index (χ0n) is 10.7. The monoisotopic (exact) mass is 344 g/mol. The van der Waals surface area contributed by atoms with Crippen LogP contribution in [0.15, 0.2) is 53.1 Å². The van der Waals surface area contributed by atoms with E-state index >= 15 is 0 Å². The highest BCUT2D eigenvalue weighted by molar-refractivity contribution is 9.10. The fraction of sp³-hybridized carbons (Fsp3) is 0. The predicted octanol–water partition coefficient (Wildman–Crippen LogP) is 3.88. The number of aromatic nitrogens is 2. The van der Waals surface area contributed by atoms with Crippen molar-refractivity contribution in [3.63, 3.8) is 0 Å². The van der Waals surface area contributed by atoms with Crippen LogP contribution in [0.25, 0.3) is 10.9 Å². The van der Waals surface area contributed by atoms with Crippen molar-refractivity contribution < 1.29 is 14.6 Å². The van der Waals surface area contributed by atoms with Crippen LogP contribution in [0.5, 0.6) is 11.8 Å². The van der Waals surface area contributed by atoms with Crippen molar-refractivity contribution in [3.8, 4) is 11.8 Å². The second-order valence-corrected chi connectivity index (χ2v) is 5.17. The molecular formula is C15H9BrN2O3. The molecule has 5 nitrogen and oxygen atoms in total. The van der Waals surface area contributed by atoms with Crippen molar-refractivity contribution >= 4 is 32.8 Å². The Morgan fingerprint density at radius 3 is 2.81 bits per heavy atom. The van der Waals surface area contributed by atoms with Crippen LogP contribution < -0.4 is 4.74 Å². The summed E-state index contributed by atoms with van der Waals surface area (Å²) in [5.74, 6) is -0.881. The second kappa shape index (κ2) is 5.49. The van der Waals surface area contributed by atoms with E-state index in [1.165, 1.54) is 6.07 Å². The van der Waals surface area contributed by atoms with E-state index in [1.54, 1.807) is 18.3 Å². The summed E-state index contributed by atoms with van der Waals surface area (Å²) in [7, 11) is 0. The number of hydrogen-bond donors (Lipinski definition) is 1. The first kappa shape index (κ1) is 13.5. The Morgan fingerprint density at radius 1 is 1.19 bits per heavy atom. The Labute approximate surface area is 128 Å². The molecule has 0 aliphatic rings. The summed E-state index contributed by atoms with van der Waals surface area (Å²) < 4.78 is 6.17. The number of carbonyl (C=O) groups is 1. The molecule has 0 aliphatic carbocycles. The Balaban J connectivity index is 2.00. The van der Waals surface area contributed by atoms with E-state index < -0.39 is 5.97 Å². The molecule has 0 aliphatic heterocycles. The maximum absolute atomic E-state index is 11.2. The molecule has 0 radical (unpaired) electrons. The highest BCUT2D eigenvalue weighted by atomic mass is 79.9. The molecule has 0 spiro atoms. The minimum Gasteiger partial charge on any atom is -0.478 e. The highest BCUT2D eigenvalue weighted by Gasteiger charge is 2.14. The van der Waals surface area contributed by atoms with E-state index in [0.29, 0.717) is 4.47 Å². The first-order valence-corrected chi connectivity index (χ1v) is 6.85. The molecule has 0 atom stereocenters. The molecule has 1 aromatic heterocycles. The number of nitrogens with zero attached hydrogens (tertiary/aromatic N) is 2. The van der Waals surface area contributed by atoms with Crippen molar-refractivity contribution in [1.82, 2.24) is 9.97 Å². The predicted molar refractivity (Wildman–Crippen MR) is 80.7 cm³/mol. The quantitative estimate of drug-likeness (QED) is 0.780. The van der Waals surface area contributed by atoms with Gasteiger partial charge in [-0.25, -0.2) is 9.78 Å². The number of carboxylic acids is 1. The van der Waals surface area contributed by atoms with Gasteiger partial charge in [-0.05, 0) is 24.3 Å². The topological polar surface area (TPSA) is 72.3 Å². The SMILES string of the molecule is O=C(O)c1cc(Br)ccc1Oc1ncc2ccccc2n1. The van der Waals surface area contributed by atoms with Crippen LogP contribution in [-0.2, 0) is 0 Å². The number of halogens is 1. The van der Waals surface area contributed by atoms with Crippen LogP contribution in [0.4, 0.5) is 0 Å². The van der Waals surface area contributed by atoms with Gasteiger partial charge in [0.2, 0.25) is 0 Å². The summed E-state index contributed by atoms with van der Waals surface area (Å²) in [5, 5.41) is 10.1. The molecule has 0 fully saturated rings. The van der Waals surface area contributed by atoms with Gasteiger partial charge in [-0.1, -0.05) is 34.1 Å². The average Bonchev–Trinajstić information content (AvgIpc) is 2.49. The Hall–Kier alpha value is -2.47. The normalized spacial score (nSPS) is 10.5. The van der Waals surface area contributed by atoms with E-state index in [-0.39, 0.29) is 17.3 Å². The number of ether oxygens (including phenoxy) is 1. The number of para-hydroxylation sites is 1. The lowest BCUT2D eigenvalue weighted by atomic mass is 10.2. The zero-order valence-corrected chi connectivity index (χ0v) is 12.2. The molecule has 104 valence electrons. The van der Waals surface area contributed by atoms with Crippen LogP contribution in [0.3, 0.4) is 0 Å². The van der Waals surface area contributed by atoms with Gasteiger partial charge in [-0.15, -0.1) is 0 Å². The fourth-order valence-corrected chi connectivity index (χ4v) is 2.22. The van der Waals surface area contributed by atoms with Crippen LogP contribution in [0, 0.1) is 0 Å². The van der Waals surface area contributed by atoms with Gasteiger partial charge in [0.15, 0.2) is 0 Å². The summed E-state index contributed by atoms with van der Waals surface area (Å²) in [6.07, 6.45) is 1.64. The molecule has 1 heterocycles. The Kier molecular flexibility index (Phi) is 3.53. The maximum Gasteiger partial charge on any atom is 0.339 e. The first-order valence-electron chi connectivity index (χ1n) is 6.06. The third-order valence-electron chi connectivity index (χ3n) is 2.84. The second-order valence-electron chi connectivity index (χ2n) is 4.26. The lowest BCUT2D eigenvalue weighted by Gasteiger charge is -2.08. The summed E-state index contributed by atoms with van der Waals surface area (Å²) in [6.45, 7) is 0. The minimum atomic E-state index is -1.08. The standard InChI is InChI=1S/C15H9BrN2O3/c16-10-5-6-13(11(7-10)14(19)20)21-15-17-8-9-3-1-2-4-12(9)18-15/h1-8H,(H,19,20). The number of aromatic carboxylic acids is 1. The summed E-state index contributed by atoms with van der Waals surface area (Å²) in [6, 6.07) is 12.3. The smallest absolute Gasteiger partial charge is 0.339 e. The maximum atomic E-state index is 11.2. The van der Waals surface area contributed by atoms with Gasteiger partial charge < -0.3 is 9.84 Å². The average molecular weight is 345 g/mol. The molecule has 0 amide bonds. The van der Waals surface area contributed by atoms with Crippen molar-refractivity contribution in [1.29, 1.82) is 0 Å². The van der Waals surface area contributed by atoms with Crippen LogP contribution in [0.1, 0.15) is 10.4 Å². The van der Waals surface area contributed by atoms with Crippen molar-refractivity contribution in [2.75, 3.05) is 0 Å². The van der Waals surface area contributed by atoms with Crippen molar-refractivity contribution in [2.24, 2.45) is 0 Å².